The van der Waals surface area contributed by atoms with Crippen LogP contribution in [0.5, 0.6) is 5.75 Å². The molecule has 10 heteroatoms. The Balaban J connectivity index is 1.62. The number of carbonyl (C=O) groups is 1. The standard InChI is InChI=1S/C20H21Cl2N3O5/c1-13(14-3-8-17(21)18(22)11-14)24-9-10-29-19(12-24)23(2)20(26)30-16-6-4-15(5-7-16)25(27)28/h3-8,11,13,19H,9-10,12H2,1-2H3/t13?,19-/m0/s1. The number of non-ortho nitro benzene ring substituents is 1. The highest BCUT2D eigenvalue weighted by Crippen LogP contribution is 2.29. The number of likely N-dealkylation sites (N-methyl/N-ethyl adjacent to an activating group) is 1. The van der Waals surface area contributed by atoms with Gasteiger partial charge in [-0.15, -0.1) is 0 Å². The SMILES string of the molecule is CC(c1ccc(Cl)c(Cl)c1)N1CCO[C@H](N(C)C(=O)Oc2ccc([N+](=O)[O-])cc2)C1. The van der Waals surface area contributed by atoms with Crippen molar-refractivity contribution in [3.05, 3.63) is 68.2 Å². The van der Waals surface area contributed by atoms with Crippen molar-refractivity contribution in [1.82, 2.24) is 9.80 Å². The molecule has 2 aromatic carbocycles. The molecular weight excluding hydrogens is 433 g/mol. The number of benzene rings is 2. The molecule has 1 unspecified atom stereocenters. The maximum atomic E-state index is 12.5. The molecule has 0 bridgehead atoms. The minimum absolute atomic E-state index is 0.0465. The summed E-state index contributed by atoms with van der Waals surface area (Å²) in [5.41, 5.74) is 0.937. The fourth-order valence-corrected chi connectivity index (χ4v) is 3.45. The zero-order valence-electron chi connectivity index (χ0n) is 16.5. The monoisotopic (exact) mass is 453 g/mol. The Kier molecular flexibility index (Phi) is 7.14. The molecule has 0 N–H and O–H groups in total. The Bertz CT molecular complexity index is 925. The van der Waals surface area contributed by atoms with E-state index in [1.54, 1.807) is 13.1 Å². The molecule has 2 aromatic rings. The van der Waals surface area contributed by atoms with Gasteiger partial charge in [0.25, 0.3) is 5.69 Å². The van der Waals surface area contributed by atoms with Crippen LogP contribution in [0.15, 0.2) is 42.5 Å². The smallest absolute Gasteiger partial charge is 0.410 e. The summed E-state index contributed by atoms with van der Waals surface area (Å²) in [7, 11) is 1.59. The van der Waals surface area contributed by atoms with Crippen molar-refractivity contribution in [2.75, 3.05) is 26.7 Å². The first-order valence-corrected chi connectivity index (χ1v) is 10.0. The van der Waals surface area contributed by atoms with Gasteiger partial charge in [0.15, 0.2) is 0 Å². The third kappa shape index (κ3) is 5.20. The molecule has 2 atom stereocenters. The topological polar surface area (TPSA) is 85.2 Å². The second kappa shape index (κ2) is 9.61. The van der Waals surface area contributed by atoms with Gasteiger partial charge in [0.05, 0.1) is 21.6 Å². The van der Waals surface area contributed by atoms with E-state index in [1.165, 1.54) is 29.2 Å². The van der Waals surface area contributed by atoms with Crippen LogP contribution in [-0.4, -0.2) is 53.8 Å². The highest BCUT2D eigenvalue weighted by molar-refractivity contribution is 6.42. The Hall–Kier alpha value is -2.39. The Morgan fingerprint density at radius 3 is 2.60 bits per heavy atom. The number of halogens is 2. The van der Waals surface area contributed by atoms with Gasteiger partial charge in [0.1, 0.15) is 12.0 Å². The van der Waals surface area contributed by atoms with E-state index in [1.807, 2.05) is 12.1 Å². The van der Waals surface area contributed by atoms with Gasteiger partial charge < -0.3 is 9.47 Å². The number of ether oxygens (including phenoxy) is 2. The van der Waals surface area contributed by atoms with Crippen LogP contribution in [0.25, 0.3) is 0 Å². The molecule has 0 aliphatic carbocycles. The maximum Gasteiger partial charge on any atom is 0.417 e. The Morgan fingerprint density at radius 1 is 1.27 bits per heavy atom. The van der Waals surface area contributed by atoms with E-state index < -0.39 is 17.2 Å². The van der Waals surface area contributed by atoms with E-state index in [0.717, 1.165) is 5.56 Å². The molecule has 30 heavy (non-hydrogen) atoms. The summed E-state index contributed by atoms with van der Waals surface area (Å²) in [5, 5.41) is 11.7. The number of nitrogens with zero attached hydrogens (tertiary/aromatic N) is 3. The second-order valence-electron chi connectivity index (χ2n) is 6.90. The third-order valence-corrected chi connectivity index (χ3v) is 5.76. The molecule has 1 amide bonds. The number of rotatable bonds is 5. The van der Waals surface area contributed by atoms with E-state index in [2.05, 4.69) is 11.8 Å². The number of amides is 1. The molecular formula is C20H21Cl2N3O5. The average molecular weight is 454 g/mol. The first-order valence-electron chi connectivity index (χ1n) is 9.26. The summed E-state index contributed by atoms with van der Waals surface area (Å²) in [4.78, 5) is 26.3. The highest BCUT2D eigenvalue weighted by atomic mass is 35.5. The number of nitro benzene ring substituents is 1. The number of carbonyl (C=O) groups excluding carboxylic acids is 1. The zero-order valence-corrected chi connectivity index (χ0v) is 18.0. The van der Waals surface area contributed by atoms with E-state index >= 15 is 0 Å². The Morgan fingerprint density at radius 2 is 1.97 bits per heavy atom. The quantitative estimate of drug-likeness (QED) is 0.479. The second-order valence-corrected chi connectivity index (χ2v) is 7.71. The lowest BCUT2D eigenvalue weighted by Crippen LogP contribution is -2.52. The van der Waals surface area contributed by atoms with Gasteiger partial charge >= 0.3 is 6.09 Å². The Labute approximate surface area is 184 Å². The van der Waals surface area contributed by atoms with Gasteiger partial charge in [-0.1, -0.05) is 29.3 Å². The van der Waals surface area contributed by atoms with Gasteiger partial charge in [-0.05, 0) is 36.8 Å². The van der Waals surface area contributed by atoms with Crippen molar-refractivity contribution >= 4 is 35.0 Å². The summed E-state index contributed by atoms with van der Waals surface area (Å²) in [5.74, 6) is 0.217. The van der Waals surface area contributed by atoms with E-state index in [9.17, 15) is 14.9 Å². The average Bonchev–Trinajstić information content (AvgIpc) is 2.75. The predicted octanol–water partition coefficient (Wildman–Crippen LogP) is 4.75. The van der Waals surface area contributed by atoms with Crippen molar-refractivity contribution < 1.29 is 19.2 Å². The normalized spacial score (nSPS) is 17.9. The maximum absolute atomic E-state index is 12.5. The molecule has 1 fully saturated rings. The molecule has 0 saturated carbocycles. The number of hydrogen-bond donors (Lipinski definition) is 0. The number of morpholine rings is 1. The minimum Gasteiger partial charge on any atom is -0.410 e. The lowest BCUT2D eigenvalue weighted by molar-refractivity contribution is -0.384. The molecule has 8 nitrogen and oxygen atoms in total. The van der Waals surface area contributed by atoms with Gasteiger partial charge in [0.2, 0.25) is 0 Å². The lowest BCUT2D eigenvalue weighted by atomic mass is 10.1. The van der Waals surface area contributed by atoms with Crippen LogP contribution in [-0.2, 0) is 4.74 Å². The molecule has 3 rings (SSSR count). The fraction of sp³-hybridized carbons (Fsp3) is 0.350. The third-order valence-electron chi connectivity index (χ3n) is 5.03. The fourth-order valence-electron chi connectivity index (χ4n) is 3.15. The van der Waals surface area contributed by atoms with Crippen LogP contribution in [0.4, 0.5) is 10.5 Å². The molecule has 160 valence electrons. The van der Waals surface area contributed by atoms with Crippen LogP contribution < -0.4 is 4.74 Å². The summed E-state index contributed by atoms with van der Waals surface area (Å²) >= 11 is 12.1. The minimum atomic E-state index is -0.613. The zero-order chi connectivity index (χ0) is 21.8. The van der Waals surface area contributed by atoms with Crippen LogP contribution in [0.1, 0.15) is 18.5 Å². The van der Waals surface area contributed by atoms with E-state index in [4.69, 9.17) is 32.7 Å². The van der Waals surface area contributed by atoms with Crippen molar-refractivity contribution in [3.8, 4) is 5.75 Å². The molecule has 1 aliphatic rings. The molecule has 0 aromatic heterocycles. The largest absolute Gasteiger partial charge is 0.417 e. The first kappa shape index (κ1) is 22.3. The summed E-state index contributed by atoms with van der Waals surface area (Å²) in [6, 6.07) is 10.9. The van der Waals surface area contributed by atoms with Crippen LogP contribution >= 0.6 is 23.2 Å². The summed E-state index contributed by atoms with van der Waals surface area (Å²) in [6.45, 7) is 3.68. The van der Waals surface area contributed by atoms with Gasteiger partial charge in [-0.25, -0.2) is 4.79 Å². The molecule has 1 saturated heterocycles. The first-order chi connectivity index (χ1) is 14.3. The van der Waals surface area contributed by atoms with Gasteiger partial charge in [-0.3, -0.25) is 19.9 Å². The van der Waals surface area contributed by atoms with Crippen LogP contribution in [0.2, 0.25) is 10.0 Å². The molecule has 0 radical (unpaired) electrons. The van der Waals surface area contributed by atoms with Crippen LogP contribution in [0.3, 0.4) is 0 Å². The van der Waals surface area contributed by atoms with E-state index in [-0.39, 0.29) is 17.5 Å². The summed E-state index contributed by atoms with van der Waals surface area (Å²) in [6.07, 6.45) is -1.12. The molecule has 1 heterocycles. The van der Waals surface area contributed by atoms with Crippen LogP contribution in [0, 0.1) is 10.1 Å². The van der Waals surface area contributed by atoms with Gasteiger partial charge in [0, 0.05) is 38.3 Å². The van der Waals surface area contributed by atoms with Crippen molar-refractivity contribution in [1.29, 1.82) is 0 Å². The predicted molar refractivity (Wildman–Crippen MR) is 113 cm³/mol. The van der Waals surface area contributed by atoms with Gasteiger partial charge in [-0.2, -0.15) is 0 Å². The lowest BCUT2D eigenvalue weighted by Gasteiger charge is -2.39. The highest BCUT2D eigenvalue weighted by Gasteiger charge is 2.30. The number of nitro groups is 1. The van der Waals surface area contributed by atoms with Crippen molar-refractivity contribution in [3.63, 3.8) is 0 Å². The molecule has 0 spiro atoms. The summed E-state index contributed by atoms with van der Waals surface area (Å²) < 4.78 is 11.1. The van der Waals surface area contributed by atoms with Crippen molar-refractivity contribution in [2.45, 2.75) is 19.2 Å². The van der Waals surface area contributed by atoms with Crippen molar-refractivity contribution in [2.24, 2.45) is 0 Å². The number of hydrogen-bond acceptors (Lipinski definition) is 6. The van der Waals surface area contributed by atoms with E-state index in [0.29, 0.717) is 29.7 Å². The molecule has 1 aliphatic heterocycles.